The number of nitrogens with zero attached hydrogens (tertiary/aromatic N) is 1. The third-order valence-electron chi connectivity index (χ3n) is 6.46. The van der Waals surface area contributed by atoms with Crippen molar-refractivity contribution in [2.45, 2.75) is 24.5 Å². The maximum Gasteiger partial charge on any atom is 0.356 e. The topological polar surface area (TPSA) is 94.2 Å². The number of methoxy groups -OCH3 is 1. The van der Waals surface area contributed by atoms with Crippen LogP contribution < -0.4 is 5.32 Å². The Morgan fingerprint density at radius 2 is 1.76 bits per heavy atom. The van der Waals surface area contributed by atoms with Crippen LogP contribution in [0.3, 0.4) is 0 Å². The van der Waals surface area contributed by atoms with E-state index in [1.165, 1.54) is 18.4 Å². The van der Waals surface area contributed by atoms with E-state index in [-0.39, 0.29) is 24.6 Å². The number of halogens is 1. The van der Waals surface area contributed by atoms with E-state index in [1.807, 2.05) is 78.2 Å². The minimum atomic E-state index is -1.77. The first kappa shape index (κ1) is 26.1. The van der Waals surface area contributed by atoms with Crippen molar-refractivity contribution >= 4 is 40.7 Å². The largest absolute Gasteiger partial charge is 0.448 e. The molecule has 2 aliphatic rings. The zero-order valence-electron chi connectivity index (χ0n) is 20.5. The van der Waals surface area contributed by atoms with Gasteiger partial charge in [-0.15, -0.1) is 22.9 Å². The molecule has 0 radical (unpaired) electrons. The Kier molecular flexibility index (Phi) is 7.62. The van der Waals surface area contributed by atoms with E-state index in [0.29, 0.717) is 5.57 Å². The number of alkyl halides is 1. The lowest BCUT2D eigenvalue weighted by Gasteiger charge is -2.55. The number of fused-ring (bicyclic) bond motifs is 1. The van der Waals surface area contributed by atoms with Gasteiger partial charge in [0.25, 0.3) is 11.6 Å². The average Bonchev–Trinajstić information content (AvgIpc) is 3.47. The van der Waals surface area contributed by atoms with Crippen LogP contribution in [-0.4, -0.2) is 54.2 Å². The molecule has 3 aromatic rings. The number of nitrogens with one attached hydrogen (secondary N) is 1. The highest BCUT2D eigenvalue weighted by Gasteiger charge is 2.67. The second-order valence-corrected chi connectivity index (χ2v) is 10.1. The number of β-lactam (4-membered cyclic amide) rings is 1. The number of ether oxygens (including phenoxy) is 3. The van der Waals surface area contributed by atoms with E-state index in [9.17, 15) is 14.4 Å². The van der Waals surface area contributed by atoms with Gasteiger partial charge in [-0.05, 0) is 22.6 Å². The van der Waals surface area contributed by atoms with Crippen molar-refractivity contribution in [3.8, 4) is 0 Å². The predicted molar refractivity (Wildman–Crippen MR) is 141 cm³/mol. The van der Waals surface area contributed by atoms with Gasteiger partial charge in [0.1, 0.15) is 5.70 Å². The zero-order valence-corrected chi connectivity index (χ0v) is 22.0. The fourth-order valence-corrected chi connectivity index (χ4v) is 5.51. The minimum absolute atomic E-state index is 0.00158. The Hall–Kier alpha value is -3.50. The molecule has 1 N–H and O–H groups in total. The summed E-state index contributed by atoms with van der Waals surface area (Å²) in [6.45, 7) is -0.0321. The Bertz CT molecular complexity index is 1310. The lowest BCUT2D eigenvalue weighted by molar-refractivity contribution is -0.258. The summed E-state index contributed by atoms with van der Waals surface area (Å²) in [7, 11) is 1.31. The summed E-state index contributed by atoms with van der Waals surface area (Å²) in [6.07, 6.45) is -1.70. The monoisotopic (exact) mass is 552 g/mol. The van der Waals surface area contributed by atoms with E-state index in [4.69, 9.17) is 25.8 Å². The Labute approximate surface area is 228 Å². The van der Waals surface area contributed by atoms with Gasteiger partial charge >= 0.3 is 5.97 Å². The molecule has 3 heterocycles. The van der Waals surface area contributed by atoms with Gasteiger partial charge in [0.2, 0.25) is 5.91 Å². The normalized spacial score (nSPS) is 20.7. The second-order valence-electron chi connectivity index (χ2n) is 8.78. The number of amides is 2. The fraction of sp³-hybridized carbons (Fsp3) is 0.250. The Morgan fingerprint density at radius 1 is 1.11 bits per heavy atom. The number of hydrogen-bond donors (Lipinski definition) is 1. The summed E-state index contributed by atoms with van der Waals surface area (Å²) in [5.74, 6) is -1.83. The third-order valence-corrected chi connectivity index (χ3v) is 7.66. The fourth-order valence-electron chi connectivity index (χ4n) is 4.60. The molecule has 1 saturated heterocycles. The first-order valence-electron chi connectivity index (χ1n) is 11.9. The van der Waals surface area contributed by atoms with Crippen LogP contribution in [0.4, 0.5) is 0 Å². The van der Waals surface area contributed by atoms with Crippen molar-refractivity contribution in [2.24, 2.45) is 0 Å². The molecule has 196 valence electrons. The molecule has 0 aliphatic carbocycles. The Balaban J connectivity index is 1.41. The van der Waals surface area contributed by atoms with E-state index in [2.05, 4.69) is 5.32 Å². The molecule has 1 aromatic heterocycles. The highest BCUT2D eigenvalue weighted by molar-refractivity contribution is 7.10. The number of esters is 1. The summed E-state index contributed by atoms with van der Waals surface area (Å²) in [6, 6.07) is 22.3. The number of rotatable bonds is 9. The van der Waals surface area contributed by atoms with Crippen molar-refractivity contribution in [1.82, 2.24) is 10.2 Å². The van der Waals surface area contributed by atoms with Crippen molar-refractivity contribution in [2.75, 3.05) is 19.6 Å². The van der Waals surface area contributed by atoms with Crippen LogP contribution in [0.5, 0.6) is 0 Å². The lowest BCUT2D eigenvalue weighted by atomic mass is 9.94. The maximum absolute atomic E-state index is 13.7. The van der Waals surface area contributed by atoms with Gasteiger partial charge in [-0.2, -0.15) is 0 Å². The van der Waals surface area contributed by atoms with Gasteiger partial charge in [0.15, 0.2) is 12.3 Å². The van der Waals surface area contributed by atoms with Crippen molar-refractivity contribution in [3.05, 3.63) is 105 Å². The van der Waals surface area contributed by atoms with E-state index in [1.54, 1.807) is 0 Å². The smallest absolute Gasteiger partial charge is 0.356 e. The Morgan fingerprint density at radius 3 is 2.32 bits per heavy atom. The molecule has 8 nitrogen and oxygen atoms in total. The van der Waals surface area contributed by atoms with Crippen LogP contribution >= 0.6 is 22.9 Å². The SMILES string of the molecule is CO[C@@]1(NC(=O)Cc2cccs2)C(=O)N2C(C(=O)OC(c3ccccc3)c3ccccc3)=C(CCl)CO[C@@H]21. The van der Waals surface area contributed by atoms with Crippen molar-refractivity contribution < 1.29 is 28.6 Å². The highest BCUT2D eigenvalue weighted by Crippen LogP contribution is 2.41. The average molecular weight is 553 g/mol. The molecule has 2 amide bonds. The molecule has 38 heavy (non-hydrogen) atoms. The first-order valence-corrected chi connectivity index (χ1v) is 13.3. The van der Waals surface area contributed by atoms with Gasteiger partial charge in [-0.1, -0.05) is 66.7 Å². The van der Waals surface area contributed by atoms with Crippen LogP contribution in [0.2, 0.25) is 0 Å². The number of carbonyl (C=O) groups is 3. The molecule has 0 spiro atoms. The van der Waals surface area contributed by atoms with Crippen LogP contribution in [0.25, 0.3) is 0 Å². The number of hydrogen-bond acceptors (Lipinski definition) is 7. The molecule has 0 saturated carbocycles. The van der Waals surface area contributed by atoms with E-state index in [0.717, 1.165) is 20.9 Å². The molecule has 5 rings (SSSR count). The summed E-state index contributed by atoms with van der Waals surface area (Å²) in [5, 5.41) is 4.54. The van der Waals surface area contributed by atoms with Gasteiger partial charge in [-0.3, -0.25) is 14.5 Å². The lowest BCUT2D eigenvalue weighted by Crippen LogP contribution is -2.82. The third kappa shape index (κ3) is 4.74. The molecular weight excluding hydrogens is 528 g/mol. The zero-order chi connectivity index (χ0) is 26.7. The summed E-state index contributed by atoms with van der Waals surface area (Å²) in [5.41, 5.74) is 0.168. The van der Waals surface area contributed by atoms with Crippen LogP contribution in [0.1, 0.15) is 22.1 Å². The molecule has 1 fully saturated rings. The maximum atomic E-state index is 13.7. The van der Waals surface area contributed by atoms with Gasteiger partial charge in [-0.25, -0.2) is 4.79 Å². The highest BCUT2D eigenvalue weighted by atomic mass is 35.5. The van der Waals surface area contributed by atoms with E-state index >= 15 is 0 Å². The summed E-state index contributed by atoms with van der Waals surface area (Å²) in [4.78, 5) is 41.9. The van der Waals surface area contributed by atoms with Crippen molar-refractivity contribution in [1.29, 1.82) is 0 Å². The first-order chi connectivity index (χ1) is 18.5. The predicted octanol–water partition coefficient (Wildman–Crippen LogP) is 3.77. The van der Waals surface area contributed by atoms with Gasteiger partial charge < -0.3 is 19.5 Å². The van der Waals surface area contributed by atoms with Crippen LogP contribution in [0.15, 0.2) is 89.4 Å². The van der Waals surface area contributed by atoms with Crippen molar-refractivity contribution in [3.63, 3.8) is 0 Å². The van der Waals surface area contributed by atoms with E-state index < -0.39 is 35.8 Å². The number of carbonyl (C=O) groups excluding carboxylic acids is 3. The number of benzene rings is 2. The molecule has 0 unspecified atom stereocenters. The number of thiophene rings is 1. The summed E-state index contributed by atoms with van der Waals surface area (Å²) >= 11 is 7.59. The summed E-state index contributed by atoms with van der Waals surface area (Å²) < 4.78 is 17.4. The second kappa shape index (κ2) is 11.1. The quantitative estimate of drug-likeness (QED) is 0.188. The minimum Gasteiger partial charge on any atom is -0.448 e. The molecular formula is C28H25ClN2O6S. The molecule has 10 heteroatoms. The van der Waals surface area contributed by atoms with Crippen LogP contribution in [-0.2, 0) is 35.0 Å². The van der Waals surface area contributed by atoms with Gasteiger partial charge in [0, 0.05) is 23.4 Å². The van der Waals surface area contributed by atoms with Gasteiger partial charge in [0.05, 0.1) is 13.0 Å². The van der Waals surface area contributed by atoms with Crippen LogP contribution in [0, 0.1) is 0 Å². The molecule has 0 bridgehead atoms. The standard InChI is InChI=1S/C28H25ClN2O6S/c1-35-28(30-22(32)15-21-13-8-14-38-21)26(34)31-23(20(16-29)17-36-27(28)31)25(33)37-24(18-9-4-2-5-10-18)19-11-6-3-7-12-19/h2-14,24,27H,15-17H2,1H3,(H,30,32)/t27-,28+/m1/s1. The molecule has 2 aliphatic heterocycles. The molecule has 2 aromatic carbocycles. The molecule has 2 atom stereocenters.